The number of likely N-dealkylation sites (tertiary alicyclic amines) is 1. The van der Waals surface area contributed by atoms with Gasteiger partial charge in [0.05, 0.1) is 20.1 Å². The van der Waals surface area contributed by atoms with E-state index < -0.39 is 35.2 Å². The number of oxime groups is 1. The molecule has 2 fully saturated rings. The van der Waals surface area contributed by atoms with E-state index in [9.17, 15) is 19.5 Å². The second kappa shape index (κ2) is 8.71. The smallest absolute Gasteiger partial charge is 0.331 e. The van der Waals surface area contributed by atoms with Crippen LogP contribution in [0.1, 0.15) is 18.5 Å². The Bertz CT molecular complexity index is 1000. The summed E-state index contributed by atoms with van der Waals surface area (Å²) < 4.78 is 0.774. The number of β-lactam (4-membered cyclic amide) rings is 1. The number of nitrogens with zero attached hydrogens (tertiary/aromatic N) is 4. The molecule has 3 atom stereocenters. The first-order valence-electron chi connectivity index (χ1n) is 10.1. The summed E-state index contributed by atoms with van der Waals surface area (Å²) in [5.74, 6) is -2.15. The van der Waals surface area contributed by atoms with Gasteiger partial charge in [-0.3, -0.25) is 9.59 Å². The number of thioether (sulfide) groups is 1. The quantitative estimate of drug-likeness (QED) is 0.214. The first kappa shape index (κ1) is 22.6. The number of hydrogen-bond donors (Lipinski definition) is 3. The molecule has 1 aromatic heterocycles. The molecule has 0 aliphatic carbocycles. The number of hydrogen-bond acceptors (Lipinski definition) is 9. The number of amides is 2. The van der Waals surface area contributed by atoms with Gasteiger partial charge in [0, 0.05) is 23.8 Å². The first-order chi connectivity index (χ1) is 15.2. The van der Waals surface area contributed by atoms with Crippen LogP contribution in [0.3, 0.4) is 0 Å². The number of aromatic nitrogens is 1. The highest BCUT2D eigenvalue weighted by Gasteiger charge is 2.56. The number of fused-ring (bicyclic) bond motifs is 1. The summed E-state index contributed by atoms with van der Waals surface area (Å²) in [6.45, 7) is 2.58. The number of carboxylic acids is 1. The van der Waals surface area contributed by atoms with Crippen LogP contribution in [0.4, 0.5) is 5.13 Å². The van der Waals surface area contributed by atoms with Crippen LogP contribution in [-0.2, 0) is 19.2 Å². The van der Waals surface area contributed by atoms with Gasteiger partial charge in [-0.2, -0.15) is 0 Å². The second-order valence-electron chi connectivity index (χ2n) is 8.28. The number of quaternary nitrogens is 1. The zero-order chi connectivity index (χ0) is 23.0. The fourth-order valence-electron chi connectivity index (χ4n) is 4.44. The molecular weight excluding hydrogens is 456 g/mol. The molecule has 0 radical (unpaired) electrons. The Labute approximate surface area is 192 Å². The van der Waals surface area contributed by atoms with E-state index in [-0.39, 0.29) is 16.5 Å². The number of likely N-dealkylation sites (N-methyl/N-ethyl adjacent to an activating group) is 1. The molecule has 11 nitrogen and oxygen atoms in total. The highest BCUT2D eigenvalue weighted by Crippen LogP contribution is 2.41. The highest BCUT2D eigenvalue weighted by atomic mass is 32.2. The molecule has 4 N–H and O–H groups in total. The first-order valence-corrected chi connectivity index (χ1v) is 11.9. The van der Waals surface area contributed by atoms with Gasteiger partial charge in [-0.1, -0.05) is 5.16 Å². The van der Waals surface area contributed by atoms with Gasteiger partial charge >= 0.3 is 5.97 Å². The van der Waals surface area contributed by atoms with E-state index in [0.29, 0.717) is 6.54 Å². The van der Waals surface area contributed by atoms with Gasteiger partial charge in [-0.15, -0.1) is 23.1 Å². The average Bonchev–Trinajstić information content (AvgIpc) is 3.37. The molecule has 4 heterocycles. The third-order valence-electron chi connectivity index (χ3n) is 5.96. The number of carbonyl (C=O) groups is 3. The lowest BCUT2D eigenvalue weighted by Crippen LogP contribution is -2.74. The second-order valence-corrected chi connectivity index (χ2v) is 10.2. The lowest BCUT2D eigenvalue weighted by molar-refractivity contribution is -0.893. The van der Waals surface area contributed by atoms with Crippen molar-refractivity contribution in [1.29, 1.82) is 0 Å². The van der Waals surface area contributed by atoms with E-state index in [0.717, 1.165) is 47.3 Å². The topological polar surface area (TPSA) is 147 Å². The van der Waals surface area contributed by atoms with Gasteiger partial charge in [0.1, 0.15) is 30.8 Å². The molecule has 3 aliphatic rings. The summed E-state index contributed by atoms with van der Waals surface area (Å²) in [6, 6.07) is -1.90. The Kier molecular flexibility index (Phi) is 6.14. The Hall–Kier alpha value is -2.64. The van der Waals surface area contributed by atoms with Crippen LogP contribution >= 0.6 is 23.1 Å². The minimum absolute atomic E-state index is 0.106. The molecule has 0 bridgehead atoms. The zero-order valence-electron chi connectivity index (χ0n) is 17.7. The van der Waals surface area contributed by atoms with E-state index in [4.69, 9.17) is 10.6 Å². The molecule has 2 amide bonds. The molecule has 32 heavy (non-hydrogen) atoms. The molecule has 0 spiro atoms. The fourth-order valence-corrected chi connectivity index (χ4v) is 6.20. The summed E-state index contributed by atoms with van der Waals surface area (Å²) in [4.78, 5) is 48.0. The van der Waals surface area contributed by atoms with E-state index in [1.807, 2.05) is 5.41 Å². The predicted molar refractivity (Wildman–Crippen MR) is 120 cm³/mol. The standard InChI is InChI=1S/C19H24N6O5S2/c1-25(5-3-4-6-25)7-10-8-31-17-13(16(27)24(17)14(10)18(28)29)22-15(26)12(23-30-2)11-9-32-19(20)21-11/h8-9,13-14,17H,3-7H2,1-2H3,(H3-,20,21,22,26,28,29)/p+1/b23-12+/t13-,14-,17-/m1/s1. The van der Waals surface area contributed by atoms with Gasteiger partial charge in [0.2, 0.25) is 5.91 Å². The third-order valence-corrected chi connectivity index (χ3v) is 7.85. The Morgan fingerprint density at radius 3 is 2.75 bits per heavy atom. The number of nitrogens with two attached hydrogens (primary N) is 1. The monoisotopic (exact) mass is 481 g/mol. The molecule has 3 aliphatic heterocycles. The van der Waals surface area contributed by atoms with Crippen molar-refractivity contribution in [3.05, 3.63) is 22.1 Å². The van der Waals surface area contributed by atoms with Crippen molar-refractivity contribution in [3.63, 3.8) is 0 Å². The number of aliphatic carboxylic acids is 1. The van der Waals surface area contributed by atoms with Gasteiger partial charge in [-0.25, -0.2) is 9.78 Å². The van der Waals surface area contributed by atoms with Crippen molar-refractivity contribution in [2.75, 3.05) is 39.5 Å². The maximum atomic E-state index is 12.9. The zero-order valence-corrected chi connectivity index (χ0v) is 19.3. The Morgan fingerprint density at radius 2 is 2.16 bits per heavy atom. The number of thiazole rings is 1. The number of nitrogens with one attached hydrogen (secondary N) is 1. The van der Waals surface area contributed by atoms with Crippen LogP contribution in [-0.4, -0.2) is 94.2 Å². The number of nitrogen functional groups attached to an aromatic ring is 1. The highest BCUT2D eigenvalue weighted by molar-refractivity contribution is 8.03. The van der Waals surface area contributed by atoms with E-state index in [2.05, 4.69) is 22.5 Å². The van der Waals surface area contributed by atoms with Crippen molar-refractivity contribution >= 4 is 51.7 Å². The van der Waals surface area contributed by atoms with Crippen molar-refractivity contribution < 1.29 is 28.8 Å². The Morgan fingerprint density at radius 1 is 1.44 bits per heavy atom. The predicted octanol–water partition coefficient (Wildman–Crippen LogP) is 0.0532. The number of carboxylic acid groups (broad SMARTS) is 1. The van der Waals surface area contributed by atoms with Crippen LogP contribution in [0.15, 0.2) is 21.5 Å². The van der Waals surface area contributed by atoms with E-state index >= 15 is 0 Å². The van der Waals surface area contributed by atoms with Crippen molar-refractivity contribution in [2.45, 2.75) is 30.3 Å². The minimum atomic E-state index is -1.06. The van der Waals surface area contributed by atoms with E-state index in [1.165, 1.54) is 23.8 Å². The lowest BCUT2D eigenvalue weighted by atomic mass is 9.97. The van der Waals surface area contributed by atoms with Crippen LogP contribution in [0.25, 0.3) is 0 Å². The maximum absolute atomic E-state index is 12.9. The minimum Gasteiger partial charge on any atom is -0.479 e. The van der Waals surface area contributed by atoms with Crippen LogP contribution in [0.5, 0.6) is 0 Å². The van der Waals surface area contributed by atoms with Crippen LogP contribution in [0.2, 0.25) is 0 Å². The van der Waals surface area contributed by atoms with Crippen molar-refractivity contribution in [3.8, 4) is 0 Å². The Balaban J connectivity index is 1.51. The van der Waals surface area contributed by atoms with Gasteiger partial charge in [-0.05, 0) is 5.41 Å². The molecule has 1 aromatic rings. The number of anilines is 1. The number of rotatable bonds is 7. The van der Waals surface area contributed by atoms with Crippen LogP contribution < -0.4 is 11.1 Å². The van der Waals surface area contributed by atoms with Crippen molar-refractivity contribution in [2.24, 2.45) is 5.16 Å². The molecule has 13 heteroatoms. The fraction of sp³-hybridized carbons (Fsp3) is 0.526. The van der Waals surface area contributed by atoms with Crippen molar-refractivity contribution in [1.82, 2.24) is 15.2 Å². The van der Waals surface area contributed by atoms with Gasteiger partial charge < -0.3 is 30.4 Å². The third kappa shape index (κ3) is 4.07. The molecule has 0 unspecified atom stereocenters. The summed E-state index contributed by atoms with van der Waals surface area (Å²) >= 11 is 2.50. The molecule has 2 saturated heterocycles. The van der Waals surface area contributed by atoms with Gasteiger partial charge in [0.25, 0.3) is 5.91 Å². The largest absolute Gasteiger partial charge is 0.479 e. The van der Waals surface area contributed by atoms with E-state index in [1.54, 1.807) is 5.38 Å². The summed E-state index contributed by atoms with van der Waals surface area (Å²) in [5, 5.41) is 19.4. The molecule has 0 aromatic carbocycles. The number of carbonyl (C=O) groups excluding carboxylic acids is 2. The molecule has 4 rings (SSSR count). The van der Waals surface area contributed by atoms with Crippen LogP contribution in [0, 0.1) is 0 Å². The van der Waals surface area contributed by atoms with Gasteiger partial charge in [0.15, 0.2) is 16.9 Å². The maximum Gasteiger partial charge on any atom is 0.331 e. The average molecular weight is 482 g/mol. The molecule has 172 valence electrons. The molecule has 0 saturated carbocycles. The molecular formula is C19H25N6O5S2+. The summed E-state index contributed by atoms with van der Waals surface area (Å²) in [6.07, 6.45) is 2.23. The summed E-state index contributed by atoms with van der Waals surface area (Å²) in [7, 11) is 3.41. The normalized spacial score (nSPS) is 26.8. The lowest BCUT2D eigenvalue weighted by Gasteiger charge is -2.51. The SMILES string of the molecule is CO/N=C(/C(=O)N[C@@H]1C(=O)N2[C@@H](C(=O)O)C(C[N+]3(C)CCCC3)=CS[C@H]12)c1csc(N)n1. The summed E-state index contributed by atoms with van der Waals surface area (Å²) in [5.41, 5.74) is 6.49.